The average Bonchev–Trinajstić information content (AvgIpc) is 2.05. The number of methoxy groups -OCH3 is 1. The second-order valence-electron chi connectivity index (χ2n) is 1.72. The van der Waals surface area contributed by atoms with E-state index in [0.717, 1.165) is 6.20 Å². The van der Waals surface area contributed by atoms with Crippen LogP contribution in [0.5, 0.6) is 0 Å². The Labute approximate surface area is 64.6 Å². The van der Waals surface area contributed by atoms with Crippen molar-refractivity contribution in [3.05, 3.63) is 11.8 Å². The van der Waals surface area contributed by atoms with Gasteiger partial charge in [-0.2, -0.15) is 4.99 Å². The van der Waals surface area contributed by atoms with E-state index in [-0.39, 0.29) is 0 Å². The number of aliphatic imine (C=N–C) groups is 1. The smallest absolute Gasteiger partial charge is 0.335 e. The molecule has 0 rings (SSSR count). The van der Waals surface area contributed by atoms with Crippen LogP contribution < -0.4 is 0 Å². The van der Waals surface area contributed by atoms with E-state index in [1.807, 2.05) is 0 Å². The largest absolute Gasteiger partial charge is 0.466 e. The molecule has 0 amide bonds. The maximum absolute atomic E-state index is 10.8. The molecule has 0 bridgehead atoms. The third-order valence-electron chi connectivity index (χ3n) is 1.10. The summed E-state index contributed by atoms with van der Waals surface area (Å²) < 4.78 is 4.40. The molecule has 0 aliphatic heterocycles. The molecule has 0 unspecified atom stereocenters. The fourth-order valence-corrected chi connectivity index (χ4v) is 0.524. The minimum Gasteiger partial charge on any atom is -0.466 e. The zero-order valence-corrected chi connectivity index (χ0v) is 6.46. The molecular weight excluding hydrogens is 146 g/mol. The minimum atomic E-state index is -0.466. The lowest BCUT2D eigenvalue weighted by molar-refractivity contribution is -0.136. The molecule has 11 heavy (non-hydrogen) atoms. The Bertz CT molecular complexity index is 214. The Morgan fingerprint density at radius 3 is 2.73 bits per heavy atom. The number of hydrogen-bond donors (Lipinski definition) is 0. The number of esters is 1. The van der Waals surface area contributed by atoms with Gasteiger partial charge in [0.25, 0.3) is 0 Å². The topological polar surface area (TPSA) is 55.7 Å². The monoisotopic (exact) mass is 155 g/mol. The number of carbonyl (C=O) groups is 1. The van der Waals surface area contributed by atoms with E-state index in [1.165, 1.54) is 13.2 Å². The van der Waals surface area contributed by atoms with Crippen molar-refractivity contribution in [3.8, 4) is 0 Å². The van der Waals surface area contributed by atoms with E-state index >= 15 is 0 Å². The van der Waals surface area contributed by atoms with Gasteiger partial charge in [-0.1, -0.05) is 6.92 Å². The first-order chi connectivity index (χ1) is 5.26. The van der Waals surface area contributed by atoms with Crippen LogP contribution in [0.15, 0.2) is 16.8 Å². The molecule has 0 atom stereocenters. The first-order valence-corrected chi connectivity index (χ1v) is 3.10. The lowest BCUT2D eigenvalue weighted by Gasteiger charge is -1.97. The van der Waals surface area contributed by atoms with Crippen molar-refractivity contribution in [1.82, 2.24) is 0 Å². The van der Waals surface area contributed by atoms with Crippen LogP contribution in [0.4, 0.5) is 0 Å². The van der Waals surface area contributed by atoms with E-state index < -0.39 is 5.97 Å². The second-order valence-corrected chi connectivity index (χ2v) is 1.72. The second kappa shape index (κ2) is 5.38. The predicted molar refractivity (Wildman–Crippen MR) is 38.5 cm³/mol. The average molecular weight is 155 g/mol. The Balaban J connectivity index is 4.38. The Kier molecular flexibility index (Phi) is 4.69. The standard InChI is InChI=1S/C7H9NO3/c1-3-6(4-8-5-9)7(10)11-2/h4H,3H2,1-2H3. The Morgan fingerprint density at radius 2 is 2.36 bits per heavy atom. The highest BCUT2D eigenvalue weighted by Gasteiger charge is 2.05. The van der Waals surface area contributed by atoms with E-state index in [1.54, 1.807) is 6.92 Å². The van der Waals surface area contributed by atoms with Gasteiger partial charge in [-0.3, -0.25) is 0 Å². The summed E-state index contributed by atoms with van der Waals surface area (Å²) in [5, 5.41) is 0. The molecule has 0 heterocycles. The molecule has 0 aliphatic carbocycles. The molecule has 0 aromatic rings. The lowest BCUT2D eigenvalue weighted by Crippen LogP contribution is -2.03. The molecule has 60 valence electrons. The summed E-state index contributed by atoms with van der Waals surface area (Å²) in [5.74, 6) is -0.466. The van der Waals surface area contributed by atoms with Crippen molar-refractivity contribution < 1.29 is 14.3 Å². The summed E-state index contributed by atoms with van der Waals surface area (Å²) in [6.07, 6.45) is 2.94. The maximum Gasteiger partial charge on any atom is 0.335 e. The van der Waals surface area contributed by atoms with Crippen LogP contribution in [0.3, 0.4) is 0 Å². The van der Waals surface area contributed by atoms with Crippen LogP contribution in [0.25, 0.3) is 0 Å². The van der Waals surface area contributed by atoms with Crippen molar-refractivity contribution in [2.45, 2.75) is 13.3 Å². The van der Waals surface area contributed by atoms with Crippen LogP contribution >= 0.6 is 0 Å². The maximum atomic E-state index is 10.8. The zero-order valence-electron chi connectivity index (χ0n) is 6.46. The summed E-state index contributed by atoms with van der Waals surface area (Å²) >= 11 is 0. The predicted octanol–water partition coefficient (Wildman–Crippen LogP) is 0.789. The fourth-order valence-electron chi connectivity index (χ4n) is 0.524. The molecule has 0 saturated carbocycles. The van der Waals surface area contributed by atoms with E-state index in [0.29, 0.717) is 12.0 Å². The SMILES string of the molecule is CCC(=CN=C=O)C(=O)OC. The van der Waals surface area contributed by atoms with E-state index in [2.05, 4.69) is 9.73 Å². The molecule has 0 N–H and O–H groups in total. The molecular formula is C7H9NO3. The van der Waals surface area contributed by atoms with Crippen LogP contribution in [-0.2, 0) is 14.3 Å². The number of rotatable bonds is 3. The third kappa shape index (κ3) is 3.33. The molecule has 4 nitrogen and oxygen atoms in total. The van der Waals surface area contributed by atoms with Gasteiger partial charge < -0.3 is 4.74 Å². The lowest BCUT2D eigenvalue weighted by atomic mass is 10.2. The van der Waals surface area contributed by atoms with Gasteiger partial charge in [-0.05, 0) is 6.42 Å². The molecule has 0 spiro atoms. The molecule has 0 aliphatic rings. The highest BCUT2D eigenvalue weighted by Crippen LogP contribution is 2.01. The molecule has 4 heteroatoms. The van der Waals surface area contributed by atoms with Gasteiger partial charge in [-0.25, -0.2) is 9.59 Å². The van der Waals surface area contributed by atoms with E-state index in [4.69, 9.17) is 0 Å². The summed E-state index contributed by atoms with van der Waals surface area (Å²) in [4.78, 5) is 23.6. The first kappa shape index (κ1) is 9.59. The van der Waals surface area contributed by atoms with Crippen LogP contribution in [-0.4, -0.2) is 19.2 Å². The molecule has 0 fully saturated rings. The Morgan fingerprint density at radius 1 is 1.73 bits per heavy atom. The molecule has 0 aromatic carbocycles. The van der Waals surface area contributed by atoms with Gasteiger partial charge >= 0.3 is 5.97 Å². The summed E-state index contributed by atoms with van der Waals surface area (Å²) in [7, 11) is 1.27. The van der Waals surface area contributed by atoms with Crippen LogP contribution in [0.1, 0.15) is 13.3 Å². The van der Waals surface area contributed by atoms with Crippen LogP contribution in [0.2, 0.25) is 0 Å². The van der Waals surface area contributed by atoms with Crippen molar-refractivity contribution in [2.24, 2.45) is 4.99 Å². The van der Waals surface area contributed by atoms with Gasteiger partial charge in [-0.15, -0.1) is 0 Å². The number of ether oxygens (including phenoxy) is 1. The number of isocyanates is 1. The van der Waals surface area contributed by atoms with Gasteiger partial charge in [0.05, 0.1) is 18.9 Å². The normalized spacial score (nSPS) is 10.2. The van der Waals surface area contributed by atoms with Gasteiger partial charge in [0.15, 0.2) is 0 Å². The summed E-state index contributed by atoms with van der Waals surface area (Å²) in [6.45, 7) is 1.77. The van der Waals surface area contributed by atoms with Gasteiger partial charge in [0.2, 0.25) is 6.08 Å². The third-order valence-corrected chi connectivity index (χ3v) is 1.10. The Hall–Kier alpha value is -1.41. The van der Waals surface area contributed by atoms with Crippen molar-refractivity contribution in [3.63, 3.8) is 0 Å². The summed E-state index contributed by atoms with van der Waals surface area (Å²) in [5.41, 5.74) is 0.357. The van der Waals surface area contributed by atoms with Crippen molar-refractivity contribution in [2.75, 3.05) is 7.11 Å². The van der Waals surface area contributed by atoms with E-state index in [9.17, 15) is 9.59 Å². The molecule has 0 radical (unpaired) electrons. The quantitative estimate of drug-likeness (QED) is 0.262. The molecule has 0 aromatic heterocycles. The number of carbonyl (C=O) groups excluding carboxylic acids is 2. The van der Waals surface area contributed by atoms with Gasteiger partial charge in [0, 0.05) is 0 Å². The fraction of sp³-hybridized carbons (Fsp3) is 0.429. The van der Waals surface area contributed by atoms with Crippen molar-refractivity contribution in [1.29, 1.82) is 0 Å². The zero-order chi connectivity index (χ0) is 8.69. The van der Waals surface area contributed by atoms with Gasteiger partial charge in [0.1, 0.15) is 0 Å². The highest BCUT2D eigenvalue weighted by molar-refractivity contribution is 5.88. The highest BCUT2D eigenvalue weighted by atomic mass is 16.5. The number of hydrogen-bond acceptors (Lipinski definition) is 4. The summed E-state index contributed by atoms with van der Waals surface area (Å²) in [6, 6.07) is 0. The minimum absolute atomic E-state index is 0.357. The first-order valence-electron chi connectivity index (χ1n) is 3.10. The van der Waals surface area contributed by atoms with Crippen LogP contribution in [0, 0.1) is 0 Å². The number of nitrogens with zero attached hydrogens (tertiary/aromatic N) is 1. The van der Waals surface area contributed by atoms with Crippen molar-refractivity contribution >= 4 is 12.0 Å². The molecule has 0 saturated heterocycles.